The molecule has 0 aliphatic rings. The molecule has 24 heavy (non-hydrogen) atoms. The standard InChI is InChI=1S/C20H25N3O/c1-3-23-18-11-7-6-10-17(18)22-20(23)16(14-21)13-15-9-5-8-12-19(15)24-4-2/h5-12,16H,3-4,13-14,21H2,1-2H3. The number of para-hydroxylation sites is 3. The summed E-state index contributed by atoms with van der Waals surface area (Å²) in [6.07, 6.45) is 0.829. The maximum atomic E-state index is 6.13. The van der Waals surface area contributed by atoms with Crippen molar-refractivity contribution < 1.29 is 4.74 Å². The van der Waals surface area contributed by atoms with Crippen molar-refractivity contribution in [3.63, 3.8) is 0 Å². The zero-order valence-corrected chi connectivity index (χ0v) is 14.4. The molecule has 126 valence electrons. The van der Waals surface area contributed by atoms with Crippen LogP contribution in [0.4, 0.5) is 0 Å². The molecule has 0 aliphatic heterocycles. The number of hydrogen-bond acceptors (Lipinski definition) is 3. The Morgan fingerprint density at radius 3 is 2.58 bits per heavy atom. The Hall–Kier alpha value is -2.33. The Morgan fingerprint density at radius 2 is 1.83 bits per heavy atom. The summed E-state index contributed by atoms with van der Waals surface area (Å²) in [6, 6.07) is 16.5. The molecule has 0 fully saturated rings. The number of ether oxygens (including phenoxy) is 1. The van der Waals surface area contributed by atoms with Crippen molar-refractivity contribution in [2.75, 3.05) is 13.2 Å². The van der Waals surface area contributed by atoms with Gasteiger partial charge in [0.25, 0.3) is 0 Å². The lowest BCUT2D eigenvalue weighted by atomic mass is 9.97. The summed E-state index contributed by atoms with van der Waals surface area (Å²) in [5.74, 6) is 2.17. The molecule has 1 heterocycles. The molecule has 1 atom stereocenters. The largest absolute Gasteiger partial charge is 0.494 e. The Bertz CT molecular complexity index is 810. The molecule has 0 aliphatic carbocycles. The molecular formula is C20H25N3O. The van der Waals surface area contributed by atoms with Gasteiger partial charge in [-0.05, 0) is 44.0 Å². The summed E-state index contributed by atoms with van der Waals surface area (Å²) in [6.45, 7) is 6.27. The molecule has 4 nitrogen and oxygen atoms in total. The van der Waals surface area contributed by atoms with Crippen molar-refractivity contribution in [2.24, 2.45) is 5.73 Å². The van der Waals surface area contributed by atoms with E-state index in [0.29, 0.717) is 13.2 Å². The predicted octanol–water partition coefficient (Wildman–Crippen LogP) is 3.74. The third-order valence-electron chi connectivity index (χ3n) is 4.39. The van der Waals surface area contributed by atoms with Gasteiger partial charge < -0.3 is 15.0 Å². The van der Waals surface area contributed by atoms with E-state index < -0.39 is 0 Å². The van der Waals surface area contributed by atoms with Crippen LogP contribution < -0.4 is 10.5 Å². The maximum absolute atomic E-state index is 6.13. The van der Waals surface area contributed by atoms with E-state index in [1.807, 2.05) is 31.2 Å². The van der Waals surface area contributed by atoms with Gasteiger partial charge in [-0.3, -0.25) is 0 Å². The second-order valence-corrected chi connectivity index (χ2v) is 5.88. The van der Waals surface area contributed by atoms with Crippen LogP contribution in [-0.2, 0) is 13.0 Å². The number of nitrogens with two attached hydrogens (primary N) is 1. The third kappa shape index (κ3) is 3.15. The van der Waals surface area contributed by atoms with Crippen LogP contribution in [0.5, 0.6) is 5.75 Å². The van der Waals surface area contributed by atoms with Crippen molar-refractivity contribution in [3.05, 3.63) is 59.9 Å². The van der Waals surface area contributed by atoms with Gasteiger partial charge in [-0.25, -0.2) is 4.98 Å². The number of aromatic nitrogens is 2. The fourth-order valence-electron chi connectivity index (χ4n) is 3.25. The normalized spacial score (nSPS) is 12.5. The first-order valence-corrected chi connectivity index (χ1v) is 8.64. The zero-order chi connectivity index (χ0) is 16.9. The molecule has 1 unspecified atom stereocenters. The summed E-state index contributed by atoms with van der Waals surface area (Å²) in [5.41, 5.74) is 9.52. The van der Waals surface area contributed by atoms with Gasteiger partial charge in [0.1, 0.15) is 11.6 Å². The van der Waals surface area contributed by atoms with Gasteiger partial charge in [-0.15, -0.1) is 0 Å². The van der Waals surface area contributed by atoms with Crippen LogP contribution in [0, 0.1) is 0 Å². The number of nitrogens with zero attached hydrogens (tertiary/aromatic N) is 2. The lowest BCUT2D eigenvalue weighted by Crippen LogP contribution is -2.20. The van der Waals surface area contributed by atoms with E-state index in [1.54, 1.807) is 0 Å². The molecule has 0 spiro atoms. The lowest BCUT2D eigenvalue weighted by molar-refractivity contribution is 0.335. The van der Waals surface area contributed by atoms with E-state index in [4.69, 9.17) is 15.5 Å². The van der Waals surface area contributed by atoms with Crippen LogP contribution >= 0.6 is 0 Å². The first-order chi connectivity index (χ1) is 11.8. The Labute approximate surface area is 143 Å². The van der Waals surface area contributed by atoms with E-state index in [2.05, 4.69) is 35.8 Å². The SMILES string of the molecule is CCOc1ccccc1CC(CN)c1nc2ccccc2n1CC. The smallest absolute Gasteiger partial charge is 0.122 e. The fourth-order valence-corrected chi connectivity index (χ4v) is 3.25. The molecule has 2 aromatic carbocycles. The highest BCUT2D eigenvalue weighted by Crippen LogP contribution is 2.28. The van der Waals surface area contributed by atoms with Crippen LogP contribution in [0.2, 0.25) is 0 Å². The molecule has 0 amide bonds. The first kappa shape index (κ1) is 16.5. The summed E-state index contributed by atoms with van der Waals surface area (Å²) < 4.78 is 8.04. The molecule has 1 aromatic heterocycles. The van der Waals surface area contributed by atoms with Crippen LogP contribution in [0.1, 0.15) is 31.2 Å². The Kier molecular flexibility index (Phi) is 5.16. The maximum Gasteiger partial charge on any atom is 0.122 e. The van der Waals surface area contributed by atoms with E-state index in [0.717, 1.165) is 30.1 Å². The van der Waals surface area contributed by atoms with Crippen LogP contribution in [0.25, 0.3) is 11.0 Å². The summed E-state index contributed by atoms with van der Waals surface area (Å²) in [7, 11) is 0. The topological polar surface area (TPSA) is 53.1 Å². The minimum absolute atomic E-state index is 0.166. The predicted molar refractivity (Wildman–Crippen MR) is 98.5 cm³/mol. The van der Waals surface area contributed by atoms with Gasteiger partial charge in [0.2, 0.25) is 0 Å². The molecule has 0 saturated carbocycles. The Balaban J connectivity index is 1.98. The van der Waals surface area contributed by atoms with Gasteiger partial charge in [0.15, 0.2) is 0 Å². The highest BCUT2D eigenvalue weighted by molar-refractivity contribution is 5.76. The average Bonchev–Trinajstić information content (AvgIpc) is 2.99. The molecule has 0 bridgehead atoms. The van der Waals surface area contributed by atoms with E-state index >= 15 is 0 Å². The molecule has 0 radical (unpaired) electrons. The summed E-state index contributed by atoms with van der Waals surface area (Å²) in [5, 5.41) is 0. The molecule has 4 heteroatoms. The van der Waals surface area contributed by atoms with Crippen molar-refractivity contribution in [3.8, 4) is 5.75 Å². The van der Waals surface area contributed by atoms with Crippen LogP contribution in [0.15, 0.2) is 48.5 Å². The average molecular weight is 323 g/mol. The molecule has 2 N–H and O–H groups in total. The van der Waals surface area contributed by atoms with Crippen molar-refractivity contribution in [1.29, 1.82) is 0 Å². The number of hydrogen-bond donors (Lipinski definition) is 1. The van der Waals surface area contributed by atoms with Crippen LogP contribution in [0.3, 0.4) is 0 Å². The van der Waals surface area contributed by atoms with Gasteiger partial charge in [-0.1, -0.05) is 30.3 Å². The molecule has 3 aromatic rings. The number of benzene rings is 2. The molecule has 3 rings (SSSR count). The third-order valence-corrected chi connectivity index (χ3v) is 4.39. The number of rotatable bonds is 7. The second-order valence-electron chi connectivity index (χ2n) is 5.88. The van der Waals surface area contributed by atoms with Crippen LogP contribution in [-0.4, -0.2) is 22.7 Å². The highest BCUT2D eigenvalue weighted by atomic mass is 16.5. The number of fused-ring (bicyclic) bond motifs is 1. The van der Waals surface area contributed by atoms with E-state index in [1.165, 1.54) is 11.1 Å². The number of imidazole rings is 1. The second kappa shape index (κ2) is 7.49. The van der Waals surface area contributed by atoms with Crippen molar-refractivity contribution in [2.45, 2.75) is 32.7 Å². The highest BCUT2D eigenvalue weighted by Gasteiger charge is 2.20. The quantitative estimate of drug-likeness (QED) is 0.720. The molecule has 0 saturated heterocycles. The minimum Gasteiger partial charge on any atom is -0.494 e. The summed E-state index contributed by atoms with van der Waals surface area (Å²) in [4.78, 5) is 4.87. The summed E-state index contributed by atoms with van der Waals surface area (Å²) >= 11 is 0. The zero-order valence-electron chi connectivity index (χ0n) is 14.4. The van der Waals surface area contributed by atoms with Gasteiger partial charge in [-0.2, -0.15) is 0 Å². The van der Waals surface area contributed by atoms with E-state index in [9.17, 15) is 0 Å². The van der Waals surface area contributed by atoms with E-state index in [-0.39, 0.29) is 5.92 Å². The Morgan fingerprint density at radius 1 is 1.08 bits per heavy atom. The van der Waals surface area contributed by atoms with Crippen molar-refractivity contribution in [1.82, 2.24) is 9.55 Å². The lowest BCUT2D eigenvalue weighted by Gasteiger charge is -2.18. The van der Waals surface area contributed by atoms with Crippen molar-refractivity contribution >= 4 is 11.0 Å². The van der Waals surface area contributed by atoms with Gasteiger partial charge in [0, 0.05) is 19.0 Å². The first-order valence-electron chi connectivity index (χ1n) is 8.64. The minimum atomic E-state index is 0.166. The van der Waals surface area contributed by atoms with Gasteiger partial charge in [0.05, 0.1) is 17.6 Å². The number of aryl methyl sites for hydroxylation is 1. The van der Waals surface area contributed by atoms with Gasteiger partial charge >= 0.3 is 0 Å². The molecular weight excluding hydrogens is 298 g/mol. The monoisotopic (exact) mass is 323 g/mol. The fraction of sp³-hybridized carbons (Fsp3) is 0.350.